The first kappa shape index (κ1) is 24.4. The zero-order chi connectivity index (χ0) is 20.1. The molecule has 3 unspecified atom stereocenters. The number of hydrogen-bond donors (Lipinski definition) is 2. The van der Waals surface area contributed by atoms with Gasteiger partial charge in [0.1, 0.15) is 18.8 Å². The topological polar surface area (TPSA) is 129 Å². The Morgan fingerprint density at radius 1 is 1.16 bits per heavy atom. The predicted octanol–water partition coefficient (Wildman–Crippen LogP) is 1.84. The summed E-state index contributed by atoms with van der Waals surface area (Å²) in [6, 6.07) is -0.196. The van der Waals surface area contributed by atoms with Gasteiger partial charge in [-0.1, -0.05) is 6.58 Å². The van der Waals surface area contributed by atoms with E-state index in [1.807, 2.05) is 21.1 Å². The van der Waals surface area contributed by atoms with Crippen molar-refractivity contribution in [1.82, 2.24) is 0 Å². The van der Waals surface area contributed by atoms with Crippen molar-refractivity contribution in [3.8, 4) is 0 Å². The van der Waals surface area contributed by atoms with Gasteiger partial charge in [-0.2, -0.15) is 4.31 Å². The summed E-state index contributed by atoms with van der Waals surface area (Å²) in [5.41, 5.74) is 0.163. The highest BCUT2D eigenvalue weighted by Gasteiger charge is 2.40. The van der Waals surface area contributed by atoms with Crippen LogP contribution in [0.15, 0.2) is 12.2 Å². The maximum atomic E-state index is 12.5. The van der Waals surface area contributed by atoms with Gasteiger partial charge >= 0.3 is 21.6 Å². The van der Waals surface area contributed by atoms with Gasteiger partial charge in [0.2, 0.25) is 0 Å². The van der Waals surface area contributed by atoms with E-state index in [1.165, 1.54) is 6.92 Å². The Morgan fingerprint density at radius 2 is 1.68 bits per heavy atom. The molecule has 0 aromatic heterocycles. The van der Waals surface area contributed by atoms with E-state index in [2.05, 4.69) is 10.9 Å². The van der Waals surface area contributed by atoms with Crippen LogP contribution in [0.1, 0.15) is 20.8 Å². The molecule has 0 heterocycles. The molecule has 0 saturated heterocycles. The standard InChI is InChI=1S/C13H27NO9P2/c1-10(2)13(15)20-8-9-21-25(19,23-24(16,17)18)22-12(4)11(3)14(5,6)7/h11-12H,1,8-9H2,2-7H3,(H-,16,17,18)/p+1. The monoisotopic (exact) mass is 404 g/mol. The Balaban J connectivity index is 4.96. The maximum absolute atomic E-state index is 12.5. The molecule has 148 valence electrons. The Hall–Kier alpha value is -0.570. The van der Waals surface area contributed by atoms with Crippen LogP contribution in [-0.4, -0.2) is 66.7 Å². The molecule has 0 rings (SSSR count). The number of nitrogens with zero attached hydrogens (tertiary/aromatic N) is 1. The molecule has 25 heavy (non-hydrogen) atoms. The molecular formula is C13H28NO9P2+. The summed E-state index contributed by atoms with van der Waals surface area (Å²) < 4.78 is 43.1. The first-order chi connectivity index (χ1) is 11.1. The number of esters is 1. The average molecular weight is 404 g/mol. The Kier molecular flexibility index (Phi) is 9.18. The Labute approximate surface area is 148 Å². The average Bonchev–Trinajstić information content (AvgIpc) is 2.38. The van der Waals surface area contributed by atoms with Gasteiger partial charge in [0.15, 0.2) is 0 Å². The van der Waals surface area contributed by atoms with Crippen molar-refractivity contribution in [3.63, 3.8) is 0 Å². The fourth-order valence-corrected chi connectivity index (χ4v) is 3.86. The molecule has 0 fully saturated rings. The molecule has 0 radical (unpaired) electrons. The van der Waals surface area contributed by atoms with Crippen molar-refractivity contribution in [2.45, 2.75) is 32.9 Å². The summed E-state index contributed by atoms with van der Waals surface area (Å²) in [5.74, 6) is -0.678. The van der Waals surface area contributed by atoms with Crippen molar-refractivity contribution < 1.29 is 46.3 Å². The van der Waals surface area contributed by atoms with E-state index in [1.54, 1.807) is 13.8 Å². The lowest BCUT2D eigenvalue weighted by Gasteiger charge is -2.35. The lowest BCUT2D eigenvalue weighted by Crippen LogP contribution is -2.49. The Bertz CT molecular complexity index is 566. The van der Waals surface area contributed by atoms with E-state index in [4.69, 9.17) is 23.6 Å². The van der Waals surface area contributed by atoms with Crippen LogP contribution in [0.5, 0.6) is 0 Å². The highest BCUT2D eigenvalue weighted by molar-refractivity contribution is 7.61. The maximum Gasteiger partial charge on any atom is 0.484 e. The molecule has 0 aliphatic heterocycles. The number of hydrogen-bond acceptors (Lipinski definition) is 7. The second kappa shape index (κ2) is 9.39. The summed E-state index contributed by atoms with van der Waals surface area (Å²) in [6.07, 6.45) is -0.713. The van der Waals surface area contributed by atoms with Gasteiger partial charge in [-0.3, -0.25) is 9.05 Å². The SMILES string of the molecule is C=C(C)C(=O)OCCOP(=O)(OC(C)C(C)[N+](C)(C)C)OP(=O)(O)O. The van der Waals surface area contributed by atoms with Gasteiger partial charge in [-0.15, -0.1) is 0 Å². The van der Waals surface area contributed by atoms with E-state index in [9.17, 15) is 13.9 Å². The van der Waals surface area contributed by atoms with Crippen LogP contribution in [0.2, 0.25) is 0 Å². The van der Waals surface area contributed by atoms with Crippen LogP contribution in [0.4, 0.5) is 0 Å². The van der Waals surface area contributed by atoms with Crippen LogP contribution in [0.25, 0.3) is 0 Å². The molecule has 0 aliphatic rings. The number of rotatable bonds is 11. The first-order valence-electron chi connectivity index (χ1n) is 7.41. The third-order valence-electron chi connectivity index (χ3n) is 3.32. The largest absolute Gasteiger partial charge is 0.484 e. The van der Waals surface area contributed by atoms with Gasteiger partial charge in [0, 0.05) is 5.57 Å². The third kappa shape index (κ3) is 10.2. The molecule has 10 nitrogen and oxygen atoms in total. The zero-order valence-electron chi connectivity index (χ0n) is 15.4. The minimum absolute atomic E-state index is 0.163. The zero-order valence-corrected chi connectivity index (χ0v) is 17.2. The summed E-state index contributed by atoms with van der Waals surface area (Å²) in [4.78, 5) is 29.1. The van der Waals surface area contributed by atoms with Crippen molar-refractivity contribution in [3.05, 3.63) is 12.2 Å². The van der Waals surface area contributed by atoms with Crippen LogP contribution in [0.3, 0.4) is 0 Å². The second-order valence-corrected chi connectivity index (χ2v) is 9.43. The molecule has 0 amide bonds. The number of phosphoric ester groups is 1. The fraction of sp³-hybridized carbons (Fsp3) is 0.769. The summed E-state index contributed by atoms with van der Waals surface area (Å²) in [6.45, 7) is 7.46. The highest BCUT2D eigenvalue weighted by atomic mass is 31.3. The fourth-order valence-electron chi connectivity index (χ4n) is 1.53. The van der Waals surface area contributed by atoms with Gasteiger partial charge in [0.05, 0.1) is 27.7 Å². The van der Waals surface area contributed by atoms with E-state index >= 15 is 0 Å². The molecule has 0 aliphatic carbocycles. The summed E-state index contributed by atoms with van der Waals surface area (Å²) >= 11 is 0. The van der Waals surface area contributed by atoms with Gasteiger partial charge < -0.3 is 19.0 Å². The molecule has 0 bridgehead atoms. The van der Waals surface area contributed by atoms with Crippen LogP contribution >= 0.6 is 15.6 Å². The second-order valence-electron chi connectivity index (χ2n) is 6.44. The minimum atomic E-state index is -5.14. The number of quaternary nitrogens is 1. The summed E-state index contributed by atoms with van der Waals surface area (Å²) in [7, 11) is -4.11. The van der Waals surface area contributed by atoms with Crippen LogP contribution < -0.4 is 0 Å². The quantitative estimate of drug-likeness (QED) is 0.174. The van der Waals surface area contributed by atoms with E-state index < -0.39 is 34.3 Å². The smallest absolute Gasteiger partial charge is 0.460 e. The summed E-state index contributed by atoms with van der Waals surface area (Å²) in [5, 5.41) is 0. The molecule has 2 N–H and O–H groups in total. The number of ether oxygens (including phenoxy) is 1. The van der Waals surface area contributed by atoms with Crippen molar-refractivity contribution >= 4 is 21.6 Å². The lowest BCUT2D eigenvalue weighted by molar-refractivity contribution is -0.897. The van der Waals surface area contributed by atoms with E-state index in [0.29, 0.717) is 4.48 Å². The van der Waals surface area contributed by atoms with Crippen LogP contribution in [-0.2, 0) is 32.0 Å². The number of phosphoric acid groups is 2. The van der Waals surface area contributed by atoms with Crippen molar-refractivity contribution in [2.75, 3.05) is 34.4 Å². The molecule has 0 spiro atoms. The molecule has 0 aromatic carbocycles. The Morgan fingerprint density at radius 3 is 2.08 bits per heavy atom. The van der Waals surface area contributed by atoms with Gasteiger partial charge in [-0.05, 0) is 20.8 Å². The molecular weight excluding hydrogens is 376 g/mol. The van der Waals surface area contributed by atoms with Crippen molar-refractivity contribution in [2.24, 2.45) is 0 Å². The van der Waals surface area contributed by atoms with Crippen molar-refractivity contribution in [1.29, 1.82) is 0 Å². The minimum Gasteiger partial charge on any atom is -0.460 e. The number of carbonyl (C=O) groups excluding carboxylic acids is 1. The normalized spacial score (nSPS) is 17.4. The lowest BCUT2D eigenvalue weighted by atomic mass is 10.2. The number of likely N-dealkylation sites (N-methyl/N-ethyl adjacent to an activating group) is 1. The molecule has 12 heteroatoms. The molecule has 0 saturated carbocycles. The molecule has 0 aromatic rings. The van der Waals surface area contributed by atoms with E-state index in [0.717, 1.165) is 0 Å². The first-order valence-corrected chi connectivity index (χ1v) is 10.4. The van der Waals surface area contributed by atoms with Gasteiger partial charge in [0.25, 0.3) is 0 Å². The highest BCUT2D eigenvalue weighted by Crippen LogP contribution is 2.61. The third-order valence-corrected chi connectivity index (χ3v) is 6.06. The van der Waals surface area contributed by atoms with E-state index in [-0.39, 0.29) is 18.2 Å². The predicted molar refractivity (Wildman–Crippen MR) is 90.5 cm³/mol. The van der Waals surface area contributed by atoms with Gasteiger partial charge in [-0.25, -0.2) is 13.9 Å². The van der Waals surface area contributed by atoms with Crippen LogP contribution in [0, 0.1) is 0 Å². The molecule has 3 atom stereocenters. The number of carbonyl (C=O) groups is 1.